The van der Waals surface area contributed by atoms with Crippen molar-refractivity contribution < 1.29 is 4.74 Å². The number of ether oxygens (including phenoxy) is 1. The largest absolute Gasteiger partial charge is 0.370 e. The number of hydrogen-bond acceptors (Lipinski definition) is 6. The zero-order chi connectivity index (χ0) is 14.8. The molecule has 2 aromatic heterocycles. The van der Waals surface area contributed by atoms with Crippen molar-refractivity contribution in [1.82, 2.24) is 25.1 Å². The summed E-state index contributed by atoms with van der Waals surface area (Å²) >= 11 is 0. The summed E-state index contributed by atoms with van der Waals surface area (Å²) in [7, 11) is 0. The van der Waals surface area contributed by atoms with Crippen molar-refractivity contribution in [2.24, 2.45) is 0 Å². The molecule has 2 aromatic rings. The SMILES string of the molecule is c1nc(NCc2nc(C3CCCO3)n[nH]2)nc2c1CCCC2. The van der Waals surface area contributed by atoms with Crippen molar-refractivity contribution in [3.8, 4) is 0 Å². The molecule has 0 radical (unpaired) electrons. The zero-order valence-corrected chi connectivity index (χ0v) is 12.5. The molecule has 7 nitrogen and oxygen atoms in total. The first-order chi connectivity index (χ1) is 10.9. The van der Waals surface area contributed by atoms with Gasteiger partial charge in [0.15, 0.2) is 5.82 Å². The van der Waals surface area contributed by atoms with Crippen molar-refractivity contribution in [2.45, 2.75) is 51.2 Å². The molecular formula is C15H20N6O. The number of fused-ring (bicyclic) bond motifs is 1. The lowest BCUT2D eigenvalue weighted by atomic mass is 9.98. The second kappa shape index (κ2) is 6.00. The Balaban J connectivity index is 1.40. The van der Waals surface area contributed by atoms with Crippen molar-refractivity contribution in [1.29, 1.82) is 0 Å². The highest BCUT2D eigenvalue weighted by atomic mass is 16.5. The van der Waals surface area contributed by atoms with E-state index in [1.54, 1.807) is 0 Å². The number of aromatic amines is 1. The molecule has 0 saturated carbocycles. The molecule has 1 aliphatic heterocycles. The molecular weight excluding hydrogens is 280 g/mol. The van der Waals surface area contributed by atoms with Gasteiger partial charge in [-0.25, -0.2) is 15.0 Å². The lowest BCUT2D eigenvalue weighted by Gasteiger charge is -2.14. The third-order valence-corrected chi connectivity index (χ3v) is 4.24. The molecule has 7 heteroatoms. The van der Waals surface area contributed by atoms with Gasteiger partial charge in [0.25, 0.3) is 0 Å². The Morgan fingerprint density at radius 2 is 2.18 bits per heavy atom. The van der Waals surface area contributed by atoms with E-state index in [2.05, 4.69) is 30.5 Å². The molecule has 22 heavy (non-hydrogen) atoms. The van der Waals surface area contributed by atoms with E-state index >= 15 is 0 Å². The maximum atomic E-state index is 5.59. The number of rotatable bonds is 4. The molecule has 4 rings (SSSR count). The van der Waals surface area contributed by atoms with Crippen LogP contribution in [0.3, 0.4) is 0 Å². The van der Waals surface area contributed by atoms with Crippen LogP contribution in [0.4, 0.5) is 5.95 Å². The number of hydrogen-bond donors (Lipinski definition) is 2. The second-order valence-electron chi connectivity index (χ2n) is 5.87. The molecule has 3 heterocycles. The Hall–Kier alpha value is -2.02. The Kier molecular flexibility index (Phi) is 3.72. The topological polar surface area (TPSA) is 88.6 Å². The number of H-pyrrole nitrogens is 1. The van der Waals surface area contributed by atoms with Gasteiger partial charge in [-0.1, -0.05) is 0 Å². The minimum atomic E-state index is 0.0463. The predicted octanol–water partition coefficient (Wildman–Crippen LogP) is 1.94. The highest BCUT2D eigenvalue weighted by Crippen LogP contribution is 2.25. The summed E-state index contributed by atoms with van der Waals surface area (Å²) in [5.74, 6) is 2.20. The van der Waals surface area contributed by atoms with Crippen molar-refractivity contribution in [2.75, 3.05) is 11.9 Å². The molecule has 1 aliphatic carbocycles. The molecule has 1 unspecified atom stereocenters. The smallest absolute Gasteiger partial charge is 0.223 e. The minimum absolute atomic E-state index is 0.0463. The Morgan fingerprint density at radius 3 is 3.09 bits per heavy atom. The van der Waals surface area contributed by atoms with Crippen LogP contribution in [-0.4, -0.2) is 31.8 Å². The zero-order valence-electron chi connectivity index (χ0n) is 12.5. The normalized spacial score (nSPS) is 20.8. The van der Waals surface area contributed by atoms with Crippen LogP contribution in [0.2, 0.25) is 0 Å². The van der Waals surface area contributed by atoms with Gasteiger partial charge in [0.05, 0.1) is 6.54 Å². The van der Waals surface area contributed by atoms with Gasteiger partial charge in [-0.15, -0.1) is 0 Å². The van der Waals surface area contributed by atoms with Crippen LogP contribution in [0.15, 0.2) is 6.20 Å². The first-order valence-electron chi connectivity index (χ1n) is 8.00. The Bertz CT molecular complexity index is 649. The first kappa shape index (κ1) is 13.6. The molecule has 1 fully saturated rings. The molecule has 2 aliphatic rings. The van der Waals surface area contributed by atoms with E-state index in [9.17, 15) is 0 Å². The van der Waals surface area contributed by atoms with Crippen LogP contribution in [0.25, 0.3) is 0 Å². The number of aromatic nitrogens is 5. The quantitative estimate of drug-likeness (QED) is 0.897. The number of aryl methyl sites for hydroxylation is 2. The maximum Gasteiger partial charge on any atom is 0.223 e. The predicted molar refractivity (Wildman–Crippen MR) is 80.3 cm³/mol. The van der Waals surface area contributed by atoms with E-state index in [1.807, 2.05) is 6.20 Å². The molecule has 0 spiro atoms. The summed E-state index contributed by atoms with van der Waals surface area (Å²) in [6.07, 6.45) is 8.69. The summed E-state index contributed by atoms with van der Waals surface area (Å²) in [6, 6.07) is 0. The molecule has 0 amide bonds. The van der Waals surface area contributed by atoms with Gasteiger partial charge >= 0.3 is 0 Å². The number of nitrogens with one attached hydrogen (secondary N) is 2. The van der Waals surface area contributed by atoms with E-state index in [0.717, 1.165) is 43.9 Å². The van der Waals surface area contributed by atoms with Gasteiger partial charge in [-0.2, -0.15) is 5.10 Å². The van der Waals surface area contributed by atoms with Crippen LogP contribution in [0, 0.1) is 0 Å². The van der Waals surface area contributed by atoms with E-state index < -0.39 is 0 Å². The van der Waals surface area contributed by atoms with Crippen molar-refractivity contribution in [3.05, 3.63) is 29.1 Å². The van der Waals surface area contributed by atoms with Crippen LogP contribution < -0.4 is 5.32 Å². The fraction of sp³-hybridized carbons (Fsp3) is 0.600. The number of nitrogens with zero attached hydrogens (tertiary/aromatic N) is 4. The average molecular weight is 300 g/mol. The van der Waals surface area contributed by atoms with Crippen LogP contribution in [0.1, 0.15) is 54.7 Å². The third-order valence-electron chi connectivity index (χ3n) is 4.24. The fourth-order valence-electron chi connectivity index (χ4n) is 3.04. The van der Waals surface area contributed by atoms with Crippen molar-refractivity contribution >= 4 is 5.95 Å². The average Bonchev–Trinajstić information content (AvgIpc) is 3.24. The minimum Gasteiger partial charge on any atom is -0.370 e. The van der Waals surface area contributed by atoms with E-state index in [4.69, 9.17) is 4.74 Å². The van der Waals surface area contributed by atoms with E-state index in [-0.39, 0.29) is 6.10 Å². The van der Waals surface area contributed by atoms with E-state index in [0.29, 0.717) is 12.5 Å². The number of anilines is 1. The monoisotopic (exact) mass is 300 g/mol. The van der Waals surface area contributed by atoms with Gasteiger partial charge in [0, 0.05) is 18.5 Å². The van der Waals surface area contributed by atoms with Crippen molar-refractivity contribution in [3.63, 3.8) is 0 Å². The molecule has 0 bridgehead atoms. The van der Waals surface area contributed by atoms with E-state index in [1.165, 1.54) is 24.1 Å². The van der Waals surface area contributed by atoms with Crippen LogP contribution >= 0.6 is 0 Å². The summed E-state index contributed by atoms with van der Waals surface area (Å²) in [5, 5.41) is 10.4. The maximum absolute atomic E-state index is 5.59. The lowest BCUT2D eigenvalue weighted by molar-refractivity contribution is 0.105. The van der Waals surface area contributed by atoms with Gasteiger partial charge in [0.1, 0.15) is 11.9 Å². The van der Waals surface area contributed by atoms with Gasteiger partial charge in [-0.05, 0) is 44.1 Å². The molecule has 1 atom stereocenters. The summed E-state index contributed by atoms with van der Waals surface area (Å²) in [4.78, 5) is 13.5. The Morgan fingerprint density at radius 1 is 1.23 bits per heavy atom. The van der Waals surface area contributed by atoms with Crippen LogP contribution in [-0.2, 0) is 24.1 Å². The molecule has 2 N–H and O–H groups in total. The summed E-state index contributed by atoms with van der Waals surface area (Å²) < 4.78 is 5.59. The molecule has 0 aromatic carbocycles. The molecule has 116 valence electrons. The lowest BCUT2D eigenvalue weighted by Crippen LogP contribution is -2.11. The van der Waals surface area contributed by atoms with Crippen LogP contribution in [0.5, 0.6) is 0 Å². The highest BCUT2D eigenvalue weighted by molar-refractivity contribution is 5.31. The Labute approximate surface area is 128 Å². The molecule has 1 saturated heterocycles. The standard InChI is InChI=1S/C15H20N6O/c1-2-5-11-10(4-1)8-16-15(18-11)17-9-13-19-14(21-20-13)12-6-3-7-22-12/h8,12H,1-7,9H2,(H,16,17,18)(H,19,20,21). The summed E-state index contributed by atoms with van der Waals surface area (Å²) in [6.45, 7) is 1.34. The van der Waals surface area contributed by atoms with Gasteiger partial charge in [-0.3, -0.25) is 5.10 Å². The summed E-state index contributed by atoms with van der Waals surface area (Å²) in [5.41, 5.74) is 2.47. The fourth-order valence-corrected chi connectivity index (χ4v) is 3.04. The highest BCUT2D eigenvalue weighted by Gasteiger charge is 2.21. The third kappa shape index (κ3) is 2.81. The first-order valence-corrected chi connectivity index (χ1v) is 8.00. The van der Waals surface area contributed by atoms with Gasteiger partial charge in [0.2, 0.25) is 5.95 Å². The second-order valence-corrected chi connectivity index (χ2v) is 5.87. The van der Waals surface area contributed by atoms with Gasteiger partial charge < -0.3 is 10.1 Å².